The molecular formula is C23H21N3O2S. The van der Waals surface area contributed by atoms with Crippen molar-refractivity contribution in [2.24, 2.45) is 0 Å². The summed E-state index contributed by atoms with van der Waals surface area (Å²) >= 11 is 1.65. The second-order valence-electron chi connectivity index (χ2n) is 6.50. The standard InChI is InChI=1S/C23H21N3O2S/c1-28-18-10-12-19(13-11-18)29-15-14-22(27)24-17-8-6-16(7-9-17)23-25-20-4-2-3-5-21(20)26-23/h2-13H,14-15H2,1H3,(H,24,27)(H,25,26). The van der Waals surface area contributed by atoms with Crippen LogP contribution in [-0.2, 0) is 4.79 Å². The molecule has 1 heterocycles. The maximum atomic E-state index is 12.2. The van der Waals surface area contributed by atoms with Crippen LogP contribution in [0.4, 0.5) is 5.69 Å². The van der Waals surface area contributed by atoms with Gasteiger partial charge in [0.05, 0.1) is 18.1 Å². The van der Waals surface area contributed by atoms with Gasteiger partial charge in [0.2, 0.25) is 5.91 Å². The molecule has 0 unspecified atom stereocenters. The van der Waals surface area contributed by atoms with E-state index in [1.807, 2.05) is 72.8 Å². The van der Waals surface area contributed by atoms with Crippen molar-refractivity contribution in [3.05, 3.63) is 72.8 Å². The number of fused-ring (bicyclic) bond motifs is 1. The van der Waals surface area contributed by atoms with Gasteiger partial charge in [0.1, 0.15) is 11.6 Å². The fourth-order valence-electron chi connectivity index (χ4n) is 2.96. The number of hydrogen-bond acceptors (Lipinski definition) is 4. The number of H-pyrrole nitrogens is 1. The molecule has 0 aliphatic heterocycles. The van der Waals surface area contributed by atoms with Crippen molar-refractivity contribution in [1.29, 1.82) is 0 Å². The Hall–Kier alpha value is -3.25. The lowest BCUT2D eigenvalue weighted by Gasteiger charge is -2.06. The van der Waals surface area contributed by atoms with E-state index < -0.39 is 0 Å². The van der Waals surface area contributed by atoms with E-state index in [4.69, 9.17) is 4.74 Å². The number of amides is 1. The second-order valence-corrected chi connectivity index (χ2v) is 7.67. The average Bonchev–Trinajstić information content (AvgIpc) is 3.19. The number of carbonyl (C=O) groups is 1. The molecule has 29 heavy (non-hydrogen) atoms. The van der Waals surface area contributed by atoms with Crippen LogP contribution in [0.1, 0.15) is 6.42 Å². The van der Waals surface area contributed by atoms with Gasteiger partial charge in [-0.1, -0.05) is 12.1 Å². The van der Waals surface area contributed by atoms with Crippen LogP contribution in [0.25, 0.3) is 22.4 Å². The molecule has 4 aromatic rings. The summed E-state index contributed by atoms with van der Waals surface area (Å²) in [5.41, 5.74) is 3.71. The lowest BCUT2D eigenvalue weighted by atomic mass is 10.2. The van der Waals surface area contributed by atoms with E-state index in [-0.39, 0.29) is 5.91 Å². The molecule has 1 amide bonds. The second kappa shape index (κ2) is 8.84. The Morgan fingerprint density at radius 1 is 1.03 bits per heavy atom. The van der Waals surface area contributed by atoms with E-state index in [2.05, 4.69) is 15.3 Å². The number of aromatic amines is 1. The van der Waals surface area contributed by atoms with Crippen LogP contribution in [0.15, 0.2) is 77.7 Å². The smallest absolute Gasteiger partial charge is 0.225 e. The number of rotatable bonds is 7. The number of ether oxygens (including phenoxy) is 1. The molecule has 0 aliphatic rings. The first-order chi connectivity index (χ1) is 14.2. The zero-order valence-electron chi connectivity index (χ0n) is 16.0. The molecule has 4 rings (SSSR count). The number of imidazole rings is 1. The topological polar surface area (TPSA) is 67.0 Å². The van der Waals surface area contributed by atoms with Gasteiger partial charge in [-0.2, -0.15) is 0 Å². The quantitative estimate of drug-likeness (QED) is 0.408. The number of aromatic nitrogens is 2. The molecule has 3 aromatic carbocycles. The Kier molecular flexibility index (Phi) is 5.81. The molecule has 0 radical (unpaired) electrons. The number of carbonyl (C=O) groups excluding carboxylic acids is 1. The minimum absolute atomic E-state index is 0.00231. The molecule has 0 saturated heterocycles. The van der Waals surface area contributed by atoms with Gasteiger partial charge in [-0.15, -0.1) is 11.8 Å². The number of nitrogens with one attached hydrogen (secondary N) is 2. The van der Waals surface area contributed by atoms with Crippen LogP contribution in [-0.4, -0.2) is 28.7 Å². The number of anilines is 1. The van der Waals surface area contributed by atoms with Crippen LogP contribution in [0.2, 0.25) is 0 Å². The predicted molar refractivity (Wildman–Crippen MR) is 118 cm³/mol. The molecule has 0 spiro atoms. The number of thioether (sulfide) groups is 1. The zero-order valence-corrected chi connectivity index (χ0v) is 16.8. The third kappa shape index (κ3) is 4.78. The molecule has 5 nitrogen and oxygen atoms in total. The average molecular weight is 404 g/mol. The molecule has 1 aromatic heterocycles. The van der Waals surface area contributed by atoms with Crippen molar-refractivity contribution >= 4 is 34.4 Å². The third-order valence-electron chi connectivity index (χ3n) is 4.49. The monoisotopic (exact) mass is 403 g/mol. The summed E-state index contributed by atoms with van der Waals surface area (Å²) in [6, 6.07) is 23.5. The summed E-state index contributed by atoms with van der Waals surface area (Å²) in [6.45, 7) is 0. The van der Waals surface area contributed by atoms with Crippen molar-refractivity contribution in [2.75, 3.05) is 18.2 Å². The highest BCUT2D eigenvalue weighted by molar-refractivity contribution is 7.99. The van der Waals surface area contributed by atoms with Gasteiger partial charge in [-0.05, 0) is 60.7 Å². The van der Waals surface area contributed by atoms with E-state index in [1.165, 1.54) is 0 Å². The summed E-state index contributed by atoms with van der Waals surface area (Å²) in [5, 5.41) is 2.95. The summed E-state index contributed by atoms with van der Waals surface area (Å²) in [7, 11) is 1.65. The highest BCUT2D eigenvalue weighted by Gasteiger charge is 2.07. The molecular weight excluding hydrogens is 382 g/mol. The van der Waals surface area contributed by atoms with Crippen LogP contribution in [0, 0.1) is 0 Å². The van der Waals surface area contributed by atoms with Gasteiger partial charge in [0.15, 0.2) is 0 Å². The maximum Gasteiger partial charge on any atom is 0.225 e. The molecule has 146 valence electrons. The van der Waals surface area contributed by atoms with Crippen LogP contribution in [0.3, 0.4) is 0 Å². The highest BCUT2D eigenvalue weighted by Crippen LogP contribution is 2.23. The molecule has 0 fully saturated rings. The Labute approximate surface area is 173 Å². The third-order valence-corrected chi connectivity index (χ3v) is 5.50. The van der Waals surface area contributed by atoms with E-state index in [0.717, 1.165) is 44.5 Å². The number of benzene rings is 3. The number of para-hydroxylation sites is 2. The number of hydrogen-bond donors (Lipinski definition) is 2. The molecule has 0 saturated carbocycles. The Morgan fingerprint density at radius 2 is 1.79 bits per heavy atom. The predicted octanol–water partition coefficient (Wildman–Crippen LogP) is 5.36. The van der Waals surface area contributed by atoms with Crippen LogP contribution >= 0.6 is 11.8 Å². The van der Waals surface area contributed by atoms with Gasteiger partial charge in [-0.25, -0.2) is 4.98 Å². The maximum absolute atomic E-state index is 12.2. The van der Waals surface area contributed by atoms with Crippen LogP contribution < -0.4 is 10.1 Å². The van der Waals surface area contributed by atoms with Crippen molar-refractivity contribution < 1.29 is 9.53 Å². The SMILES string of the molecule is COc1ccc(SCCC(=O)Nc2ccc(-c3nc4ccccc4[nH]3)cc2)cc1. The molecule has 6 heteroatoms. The fraction of sp³-hybridized carbons (Fsp3) is 0.130. The molecule has 2 N–H and O–H groups in total. The van der Waals surface area contributed by atoms with Gasteiger partial charge in [0, 0.05) is 28.3 Å². The molecule has 0 aliphatic carbocycles. The first-order valence-corrected chi connectivity index (χ1v) is 10.3. The minimum Gasteiger partial charge on any atom is -0.497 e. The largest absolute Gasteiger partial charge is 0.497 e. The van der Waals surface area contributed by atoms with Gasteiger partial charge >= 0.3 is 0 Å². The minimum atomic E-state index is 0.00231. The molecule has 0 atom stereocenters. The summed E-state index contributed by atoms with van der Waals surface area (Å²) < 4.78 is 5.15. The zero-order chi connectivity index (χ0) is 20.1. The summed E-state index contributed by atoms with van der Waals surface area (Å²) in [5.74, 6) is 2.37. The lowest BCUT2D eigenvalue weighted by molar-refractivity contribution is -0.115. The van der Waals surface area contributed by atoms with Gasteiger partial charge in [0.25, 0.3) is 0 Å². The Bertz CT molecular complexity index is 1070. The first kappa shape index (κ1) is 19.1. The number of methoxy groups -OCH3 is 1. The van der Waals surface area contributed by atoms with Crippen molar-refractivity contribution in [3.63, 3.8) is 0 Å². The normalized spacial score (nSPS) is 10.8. The first-order valence-electron chi connectivity index (χ1n) is 9.33. The number of nitrogens with zero attached hydrogens (tertiary/aromatic N) is 1. The van der Waals surface area contributed by atoms with Gasteiger partial charge in [-0.3, -0.25) is 4.79 Å². The van der Waals surface area contributed by atoms with E-state index >= 15 is 0 Å². The van der Waals surface area contributed by atoms with Crippen molar-refractivity contribution in [1.82, 2.24) is 9.97 Å². The van der Waals surface area contributed by atoms with E-state index in [0.29, 0.717) is 6.42 Å². The highest BCUT2D eigenvalue weighted by atomic mass is 32.2. The van der Waals surface area contributed by atoms with E-state index in [9.17, 15) is 4.79 Å². The van der Waals surface area contributed by atoms with Crippen molar-refractivity contribution in [3.8, 4) is 17.1 Å². The van der Waals surface area contributed by atoms with Gasteiger partial charge < -0.3 is 15.0 Å². The van der Waals surface area contributed by atoms with Crippen LogP contribution in [0.5, 0.6) is 5.75 Å². The van der Waals surface area contributed by atoms with Crippen molar-refractivity contribution in [2.45, 2.75) is 11.3 Å². The summed E-state index contributed by atoms with van der Waals surface area (Å²) in [6.07, 6.45) is 0.446. The Morgan fingerprint density at radius 3 is 2.52 bits per heavy atom. The fourth-order valence-corrected chi connectivity index (χ4v) is 3.81. The molecule has 0 bridgehead atoms. The summed E-state index contributed by atoms with van der Waals surface area (Å²) in [4.78, 5) is 21.2. The Balaban J connectivity index is 1.30. The lowest BCUT2D eigenvalue weighted by Crippen LogP contribution is -2.12. The van der Waals surface area contributed by atoms with E-state index in [1.54, 1.807) is 18.9 Å².